The van der Waals surface area contributed by atoms with Gasteiger partial charge in [0.15, 0.2) is 0 Å². The number of hydrogen-bond donors (Lipinski definition) is 1. The second-order valence-corrected chi connectivity index (χ2v) is 7.79. The number of rotatable bonds is 7. The first-order chi connectivity index (χ1) is 15.6. The number of aromatic nitrogens is 3. The van der Waals surface area contributed by atoms with Crippen molar-refractivity contribution >= 4 is 5.91 Å². The number of aryl methyl sites for hydroxylation is 1. The zero-order valence-electron chi connectivity index (χ0n) is 18.4. The highest BCUT2D eigenvalue weighted by atomic mass is 16.5. The number of carbonyl (C=O) groups excluding carboxylic acids is 1. The van der Waals surface area contributed by atoms with E-state index < -0.39 is 0 Å². The molecular weight excluding hydrogens is 408 g/mol. The molecule has 8 nitrogen and oxygen atoms in total. The van der Waals surface area contributed by atoms with Gasteiger partial charge in [-0.1, -0.05) is 24.3 Å². The van der Waals surface area contributed by atoms with Crippen LogP contribution >= 0.6 is 0 Å². The number of ether oxygens (including phenoxy) is 2. The van der Waals surface area contributed by atoms with E-state index in [1.54, 1.807) is 23.8 Å². The summed E-state index contributed by atoms with van der Waals surface area (Å²) in [4.78, 5) is 25.7. The summed E-state index contributed by atoms with van der Waals surface area (Å²) in [6.45, 7) is 3.30. The Labute approximate surface area is 186 Å². The summed E-state index contributed by atoms with van der Waals surface area (Å²) >= 11 is 0. The predicted molar refractivity (Wildman–Crippen MR) is 120 cm³/mol. The lowest BCUT2D eigenvalue weighted by Gasteiger charge is -2.17. The van der Waals surface area contributed by atoms with Gasteiger partial charge >= 0.3 is 5.69 Å². The van der Waals surface area contributed by atoms with Crippen molar-refractivity contribution in [1.29, 1.82) is 0 Å². The fraction of sp³-hybridized carbons (Fsp3) is 0.375. The summed E-state index contributed by atoms with van der Waals surface area (Å²) in [5, 5.41) is 7.67. The van der Waals surface area contributed by atoms with Crippen molar-refractivity contribution in [3.8, 4) is 11.5 Å². The Morgan fingerprint density at radius 2 is 2.03 bits per heavy atom. The second kappa shape index (κ2) is 9.72. The van der Waals surface area contributed by atoms with Gasteiger partial charge < -0.3 is 14.8 Å². The number of benzene rings is 2. The van der Waals surface area contributed by atoms with E-state index in [-0.39, 0.29) is 17.6 Å². The molecule has 0 radical (unpaired) electrons. The van der Waals surface area contributed by atoms with Crippen LogP contribution < -0.4 is 20.5 Å². The highest BCUT2D eigenvalue weighted by Gasteiger charge is 2.23. The molecule has 2 aromatic carbocycles. The maximum absolute atomic E-state index is 12.9. The van der Waals surface area contributed by atoms with E-state index in [2.05, 4.69) is 10.4 Å². The quantitative estimate of drug-likeness (QED) is 0.615. The molecule has 0 saturated heterocycles. The molecule has 32 heavy (non-hydrogen) atoms. The molecule has 0 bridgehead atoms. The first-order valence-electron chi connectivity index (χ1n) is 10.9. The Morgan fingerprint density at radius 3 is 2.84 bits per heavy atom. The van der Waals surface area contributed by atoms with Crippen molar-refractivity contribution in [2.24, 2.45) is 0 Å². The number of hydrogen-bond acceptors (Lipinski definition) is 5. The van der Waals surface area contributed by atoms with Gasteiger partial charge in [0.2, 0.25) is 0 Å². The van der Waals surface area contributed by atoms with E-state index >= 15 is 0 Å². The lowest BCUT2D eigenvalue weighted by molar-refractivity contribution is 0.0929. The van der Waals surface area contributed by atoms with Gasteiger partial charge in [-0.2, -0.15) is 5.10 Å². The summed E-state index contributed by atoms with van der Waals surface area (Å²) in [7, 11) is 1.62. The van der Waals surface area contributed by atoms with E-state index in [9.17, 15) is 9.59 Å². The highest BCUT2D eigenvalue weighted by Crippen LogP contribution is 2.19. The molecule has 1 atom stereocenters. The molecule has 1 amide bonds. The van der Waals surface area contributed by atoms with Crippen molar-refractivity contribution < 1.29 is 14.3 Å². The Hall–Kier alpha value is -3.55. The largest absolute Gasteiger partial charge is 0.497 e. The maximum Gasteiger partial charge on any atom is 0.346 e. The van der Waals surface area contributed by atoms with Crippen LogP contribution in [0.15, 0.2) is 53.3 Å². The number of carbonyl (C=O) groups is 1. The minimum Gasteiger partial charge on any atom is -0.497 e. The molecule has 4 rings (SSSR count). The number of amides is 1. The molecule has 2 heterocycles. The van der Waals surface area contributed by atoms with Crippen molar-refractivity contribution in [2.75, 3.05) is 13.7 Å². The van der Waals surface area contributed by atoms with Crippen molar-refractivity contribution in [3.63, 3.8) is 0 Å². The molecule has 0 spiro atoms. The molecule has 0 aliphatic carbocycles. The molecule has 1 aliphatic heterocycles. The van der Waals surface area contributed by atoms with Gasteiger partial charge in [-0.3, -0.25) is 9.36 Å². The Bertz CT molecular complexity index is 1150. The third-order valence-electron chi connectivity index (χ3n) is 5.65. The Balaban J connectivity index is 1.43. The molecule has 1 unspecified atom stereocenters. The third-order valence-corrected chi connectivity index (χ3v) is 5.65. The van der Waals surface area contributed by atoms with E-state index in [4.69, 9.17) is 9.47 Å². The van der Waals surface area contributed by atoms with E-state index in [0.717, 1.165) is 23.6 Å². The normalized spacial score (nSPS) is 15.5. The summed E-state index contributed by atoms with van der Waals surface area (Å²) in [6.07, 6.45) is 2.01. The van der Waals surface area contributed by atoms with E-state index in [1.165, 1.54) is 4.68 Å². The fourth-order valence-electron chi connectivity index (χ4n) is 4.02. The van der Waals surface area contributed by atoms with E-state index in [0.29, 0.717) is 43.9 Å². The van der Waals surface area contributed by atoms with Crippen LogP contribution in [-0.4, -0.2) is 40.0 Å². The molecule has 1 aromatic heterocycles. The third kappa shape index (κ3) is 4.69. The number of nitrogens with zero attached hydrogens (tertiary/aromatic N) is 3. The predicted octanol–water partition coefficient (Wildman–Crippen LogP) is 2.64. The summed E-state index contributed by atoms with van der Waals surface area (Å²) in [6, 6.07) is 14.8. The first-order valence-corrected chi connectivity index (χ1v) is 10.9. The van der Waals surface area contributed by atoms with Gasteiger partial charge in [0.1, 0.15) is 17.3 Å². The first kappa shape index (κ1) is 21.7. The van der Waals surface area contributed by atoms with Crippen molar-refractivity contribution in [3.05, 3.63) is 76.0 Å². The van der Waals surface area contributed by atoms with Gasteiger partial charge in [0.25, 0.3) is 5.91 Å². The SMILES string of the molecule is CCOc1ccccc1C(=O)NC1CCc2nn(Cc3cccc(OC)c3)c(=O)n2CC1. The van der Waals surface area contributed by atoms with Crippen LogP contribution in [0.25, 0.3) is 0 Å². The summed E-state index contributed by atoms with van der Waals surface area (Å²) in [5.41, 5.74) is 1.35. The van der Waals surface area contributed by atoms with Gasteiger partial charge in [-0.05, 0) is 49.6 Å². The molecule has 0 saturated carbocycles. The fourth-order valence-corrected chi connectivity index (χ4v) is 4.02. The van der Waals surface area contributed by atoms with E-state index in [1.807, 2.05) is 43.3 Å². The second-order valence-electron chi connectivity index (χ2n) is 7.79. The van der Waals surface area contributed by atoms with Gasteiger partial charge in [-0.25, -0.2) is 9.48 Å². The van der Waals surface area contributed by atoms with Gasteiger partial charge in [0.05, 0.1) is 25.8 Å². The van der Waals surface area contributed by atoms with Crippen LogP contribution in [0.4, 0.5) is 0 Å². The zero-order chi connectivity index (χ0) is 22.5. The molecular formula is C24H28N4O4. The molecule has 0 fully saturated rings. The minimum absolute atomic E-state index is 0.0369. The highest BCUT2D eigenvalue weighted by molar-refractivity contribution is 5.97. The number of para-hydroxylation sites is 1. The Morgan fingerprint density at radius 1 is 1.19 bits per heavy atom. The van der Waals surface area contributed by atoms with Crippen molar-refractivity contribution in [1.82, 2.24) is 19.7 Å². The summed E-state index contributed by atoms with van der Waals surface area (Å²) < 4.78 is 14.1. The average Bonchev–Trinajstić information content (AvgIpc) is 2.96. The molecule has 8 heteroatoms. The molecule has 1 N–H and O–H groups in total. The maximum atomic E-state index is 12.9. The lowest BCUT2D eigenvalue weighted by atomic mass is 10.1. The van der Waals surface area contributed by atoms with Gasteiger partial charge in [0, 0.05) is 19.0 Å². The molecule has 3 aromatic rings. The summed E-state index contributed by atoms with van der Waals surface area (Å²) in [5.74, 6) is 1.92. The van der Waals surface area contributed by atoms with Gasteiger partial charge in [-0.15, -0.1) is 0 Å². The number of methoxy groups -OCH3 is 1. The number of nitrogens with one attached hydrogen (secondary N) is 1. The average molecular weight is 437 g/mol. The standard InChI is InChI=1S/C24H28N4O4/c1-3-32-21-10-5-4-9-20(21)23(29)25-18-11-12-22-26-28(24(30)27(22)14-13-18)16-17-7-6-8-19(15-17)31-2/h4-10,15,18H,3,11-14,16H2,1-2H3,(H,25,29). The van der Waals surface area contributed by atoms with Crippen LogP contribution in [0, 0.1) is 0 Å². The topological polar surface area (TPSA) is 87.4 Å². The van der Waals surface area contributed by atoms with Crippen LogP contribution in [-0.2, 0) is 19.5 Å². The number of fused-ring (bicyclic) bond motifs is 1. The molecule has 1 aliphatic rings. The zero-order valence-corrected chi connectivity index (χ0v) is 18.4. The van der Waals surface area contributed by atoms with Crippen LogP contribution in [0.5, 0.6) is 11.5 Å². The monoisotopic (exact) mass is 436 g/mol. The van der Waals surface area contributed by atoms with Crippen LogP contribution in [0.3, 0.4) is 0 Å². The lowest BCUT2D eigenvalue weighted by Crippen LogP contribution is -2.36. The van der Waals surface area contributed by atoms with Crippen LogP contribution in [0.2, 0.25) is 0 Å². The van der Waals surface area contributed by atoms with Crippen LogP contribution in [0.1, 0.15) is 41.5 Å². The smallest absolute Gasteiger partial charge is 0.346 e. The molecule has 168 valence electrons. The Kier molecular flexibility index (Phi) is 6.58. The van der Waals surface area contributed by atoms with Crippen molar-refractivity contribution in [2.45, 2.75) is 45.3 Å². The minimum atomic E-state index is -0.158.